The number of sulfonamides is 1. The van der Waals surface area contributed by atoms with E-state index in [4.69, 9.17) is 0 Å². The summed E-state index contributed by atoms with van der Waals surface area (Å²) in [4.78, 5) is 8.83. The molecule has 7 nitrogen and oxygen atoms in total. The molecule has 0 saturated carbocycles. The number of nitrogens with zero attached hydrogens (tertiary/aromatic N) is 5. The van der Waals surface area contributed by atoms with E-state index in [1.807, 2.05) is 11.5 Å². The van der Waals surface area contributed by atoms with Crippen molar-refractivity contribution in [1.82, 2.24) is 23.4 Å². The van der Waals surface area contributed by atoms with Gasteiger partial charge in [-0.2, -0.15) is 13.1 Å². The second kappa shape index (κ2) is 8.64. The Morgan fingerprint density at radius 2 is 1.97 bits per heavy atom. The molecule has 1 aliphatic heterocycles. The van der Waals surface area contributed by atoms with Crippen molar-refractivity contribution in [3.8, 4) is 0 Å². The molecule has 1 fully saturated rings. The predicted octanol–water partition coefficient (Wildman–Crippen LogP) is 4.11. The molecule has 4 rings (SSSR count). The van der Waals surface area contributed by atoms with Gasteiger partial charge in [0.1, 0.15) is 5.82 Å². The standard InChI is InChI=1S/C19H23F2N5O2S2/c1-2-25-16-7-6-14(30(27,28)24-9-4-3-5-10-24)12-15(16)23-19(25)29-13-17-22-8-11-26(17)18(20)21/h6-8,11-12,18H,2-5,9-10,13H2,1H3. The number of rotatable bonds is 7. The molecule has 0 aliphatic carbocycles. The summed E-state index contributed by atoms with van der Waals surface area (Å²) in [6, 6.07) is 5.00. The number of halogens is 2. The fourth-order valence-electron chi connectivity index (χ4n) is 3.68. The highest BCUT2D eigenvalue weighted by Gasteiger charge is 2.26. The monoisotopic (exact) mass is 455 g/mol. The lowest BCUT2D eigenvalue weighted by molar-refractivity contribution is 0.0678. The highest BCUT2D eigenvalue weighted by atomic mass is 32.2. The molecular formula is C19H23F2N5O2S2. The van der Waals surface area contributed by atoms with Gasteiger partial charge >= 0.3 is 6.55 Å². The third-order valence-electron chi connectivity index (χ3n) is 5.24. The highest BCUT2D eigenvalue weighted by molar-refractivity contribution is 7.98. The lowest BCUT2D eigenvalue weighted by atomic mass is 10.2. The van der Waals surface area contributed by atoms with Crippen LogP contribution in [0.15, 0.2) is 40.6 Å². The van der Waals surface area contributed by atoms with E-state index in [-0.39, 0.29) is 16.5 Å². The van der Waals surface area contributed by atoms with E-state index in [2.05, 4.69) is 9.97 Å². The molecule has 0 bridgehead atoms. The van der Waals surface area contributed by atoms with Crippen LogP contribution in [0.25, 0.3) is 11.0 Å². The van der Waals surface area contributed by atoms with Crippen LogP contribution in [-0.4, -0.2) is 44.9 Å². The van der Waals surface area contributed by atoms with E-state index in [1.54, 1.807) is 18.2 Å². The van der Waals surface area contributed by atoms with Crippen LogP contribution >= 0.6 is 11.8 Å². The van der Waals surface area contributed by atoms with Gasteiger partial charge in [0.15, 0.2) is 5.16 Å². The fraction of sp³-hybridized carbons (Fsp3) is 0.474. The first kappa shape index (κ1) is 21.3. The summed E-state index contributed by atoms with van der Waals surface area (Å²) < 4.78 is 56.4. The van der Waals surface area contributed by atoms with Gasteiger partial charge in [-0.25, -0.2) is 18.4 Å². The van der Waals surface area contributed by atoms with Crippen LogP contribution in [-0.2, 0) is 22.3 Å². The molecule has 3 heterocycles. The van der Waals surface area contributed by atoms with Gasteiger partial charge in [0.05, 0.1) is 21.7 Å². The van der Waals surface area contributed by atoms with Gasteiger partial charge in [-0.3, -0.25) is 4.57 Å². The van der Waals surface area contributed by atoms with Crippen LogP contribution in [0.5, 0.6) is 0 Å². The van der Waals surface area contributed by atoms with Crippen molar-refractivity contribution >= 4 is 32.8 Å². The van der Waals surface area contributed by atoms with Crippen LogP contribution in [0, 0.1) is 0 Å². The quantitative estimate of drug-likeness (QED) is 0.501. The molecule has 2 aromatic heterocycles. The lowest BCUT2D eigenvalue weighted by Gasteiger charge is -2.25. The van der Waals surface area contributed by atoms with E-state index in [1.165, 1.54) is 28.5 Å². The van der Waals surface area contributed by atoms with Gasteiger partial charge in [-0.05, 0) is 38.0 Å². The second-order valence-corrected chi connectivity index (χ2v) is 9.95. The molecule has 0 atom stereocenters. The Labute approximate surface area is 178 Å². The zero-order chi connectivity index (χ0) is 21.3. The Hall–Kier alpha value is -1.98. The third-order valence-corrected chi connectivity index (χ3v) is 8.11. The Balaban J connectivity index is 1.63. The molecule has 0 amide bonds. The molecule has 1 aromatic carbocycles. The summed E-state index contributed by atoms with van der Waals surface area (Å²) >= 11 is 1.30. The summed E-state index contributed by atoms with van der Waals surface area (Å²) in [5.74, 6) is 0.498. The SMILES string of the molecule is CCn1c(SCc2nccn2C(F)F)nc2cc(S(=O)(=O)N3CCCCC3)ccc21. The minimum Gasteiger partial charge on any atom is -0.319 e. The zero-order valence-electron chi connectivity index (χ0n) is 16.5. The Kier molecular flexibility index (Phi) is 6.12. The van der Waals surface area contributed by atoms with Gasteiger partial charge in [-0.15, -0.1) is 0 Å². The number of hydrogen-bond acceptors (Lipinski definition) is 5. The highest BCUT2D eigenvalue weighted by Crippen LogP contribution is 2.30. The van der Waals surface area contributed by atoms with E-state index in [0.717, 1.165) is 29.3 Å². The maximum absolute atomic E-state index is 13.0. The van der Waals surface area contributed by atoms with Crippen molar-refractivity contribution in [2.45, 2.75) is 55.1 Å². The number of piperidine rings is 1. The van der Waals surface area contributed by atoms with Gasteiger partial charge in [-0.1, -0.05) is 18.2 Å². The third kappa shape index (κ3) is 3.97. The molecule has 0 N–H and O–H groups in total. The van der Waals surface area contributed by atoms with Crippen LogP contribution in [0.4, 0.5) is 8.78 Å². The number of imidazole rings is 2. The minimum absolute atomic E-state index is 0.236. The normalized spacial score (nSPS) is 16.0. The van der Waals surface area contributed by atoms with Crippen LogP contribution < -0.4 is 0 Å². The largest absolute Gasteiger partial charge is 0.319 e. The number of benzene rings is 1. The Morgan fingerprint density at radius 3 is 2.67 bits per heavy atom. The van der Waals surface area contributed by atoms with E-state index >= 15 is 0 Å². The average Bonchev–Trinajstić information content (AvgIpc) is 3.36. The van der Waals surface area contributed by atoms with Gasteiger partial charge in [0.25, 0.3) is 0 Å². The predicted molar refractivity (Wildman–Crippen MR) is 111 cm³/mol. The molecule has 1 saturated heterocycles. The van der Waals surface area contributed by atoms with Crippen LogP contribution in [0.3, 0.4) is 0 Å². The number of alkyl halides is 2. The smallest absolute Gasteiger partial charge is 0.319 e. The van der Waals surface area contributed by atoms with Gasteiger partial charge < -0.3 is 4.57 Å². The van der Waals surface area contributed by atoms with E-state index in [9.17, 15) is 17.2 Å². The Bertz CT molecular complexity index is 1140. The molecule has 11 heteroatoms. The first-order valence-corrected chi connectivity index (χ1v) is 12.3. The first-order valence-electron chi connectivity index (χ1n) is 9.85. The number of thioether (sulfide) groups is 1. The van der Waals surface area contributed by atoms with Crippen molar-refractivity contribution < 1.29 is 17.2 Å². The number of aryl methyl sites for hydroxylation is 1. The van der Waals surface area contributed by atoms with Gasteiger partial charge in [0, 0.05) is 32.0 Å². The molecule has 162 valence electrons. The van der Waals surface area contributed by atoms with Crippen molar-refractivity contribution in [1.29, 1.82) is 0 Å². The molecule has 30 heavy (non-hydrogen) atoms. The minimum atomic E-state index is -3.55. The van der Waals surface area contributed by atoms with Gasteiger partial charge in [0.2, 0.25) is 10.0 Å². The number of hydrogen-bond donors (Lipinski definition) is 0. The zero-order valence-corrected chi connectivity index (χ0v) is 18.2. The number of aromatic nitrogens is 4. The molecule has 0 radical (unpaired) electrons. The summed E-state index contributed by atoms with van der Waals surface area (Å²) in [6.07, 6.45) is 5.40. The first-order chi connectivity index (χ1) is 14.4. The second-order valence-electron chi connectivity index (χ2n) is 7.07. The fourth-order valence-corrected chi connectivity index (χ4v) is 6.25. The topological polar surface area (TPSA) is 73.0 Å². The van der Waals surface area contributed by atoms with Crippen molar-refractivity contribution in [2.24, 2.45) is 0 Å². The van der Waals surface area contributed by atoms with E-state index in [0.29, 0.717) is 30.3 Å². The molecule has 0 unspecified atom stereocenters. The summed E-state index contributed by atoms with van der Waals surface area (Å²) in [6.45, 7) is 1.03. The number of fused-ring (bicyclic) bond motifs is 1. The summed E-state index contributed by atoms with van der Waals surface area (Å²) in [7, 11) is -3.55. The Morgan fingerprint density at radius 1 is 1.20 bits per heavy atom. The molecule has 3 aromatic rings. The van der Waals surface area contributed by atoms with Crippen molar-refractivity contribution in [3.05, 3.63) is 36.4 Å². The summed E-state index contributed by atoms with van der Waals surface area (Å²) in [5, 5.41) is 0.642. The van der Waals surface area contributed by atoms with E-state index < -0.39 is 16.6 Å². The van der Waals surface area contributed by atoms with Crippen molar-refractivity contribution in [2.75, 3.05) is 13.1 Å². The van der Waals surface area contributed by atoms with Crippen molar-refractivity contribution in [3.63, 3.8) is 0 Å². The summed E-state index contributed by atoms with van der Waals surface area (Å²) in [5.41, 5.74) is 1.39. The van der Waals surface area contributed by atoms with Crippen LogP contribution in [0.1, 0.15) is 38.6 Å². The van der Waals surface area contributed by atoms with Crippen LogP contribution in [0.2, 0.25) is 0 Å². The average molecular weight is 456 g/mol. The molecule has 1 aliphatic rings. The maximum atomic E-state index is 13.0. The molecule has 0 spiro atoms. The molecular weight excluding hydrogens is 432 g/mol. The lowest BCUT2D eigenvalue weighted by Crippen LogP contribution is -2.35. The maximum Gasteiger partial charge on any atom is 0.319 e.